The van der Waals surface area contributed by atoms with Crippen LogP contribution >= 0.6 is 0 Å². The van der Waals surface area contributed by atoms with Crippen LogP contribution in [0.5, 0.6) is 17.2 Å². The molecule has 7 nitrogen and oxygen atoms in total. The number of ether oxygens (including phenoxy) is 3. The summed E-state index contributed by atoms with van der Waals surface area (Å²) in [5.41, 5.74) is 7.95. The first-order valence-corrected chi connectivity index (χ1v) is 9.77. The van der Waals surface area contributed by atoms with Crippen LogP contribution in [0, 0.1) is 0 Å². The lowest BCUT2D eigenvalue weighted by molar-refractivity contribution is 0.293. The second-order valence-corrected chi connectivity index (χ2v) is 6.84. The fraction of sp³-hybridized carbons (Fsp3) is 0.409. The zero-order chi connectivity index (χ0) is 21.1. The molecule has 7 heteroatoms. The minimum Gasteiger partial charge on any atom is -0.497 e. The summed E-state index contributed by atoms with van der Waals surface area (Å²) in [7, 11) is 4.73. The van der Waals surface area contributed by atoms with Crippen LogP contribution in [-0.2, 0) is 6.54 Å². The summed E-state index contributed by atoms with van der Waals surface area (Å²) in [4.78, 5) is 15.7. The summed E-state index contributed by atoms with van der Waals surface area (Å²) in [6, 6.07) is 7.13. The molecule has 0 aliphatic heterocycles. The number of benzene rings is 2. The molecule has 0 amide bonds. The molecule has 2 N–H and O–H groups in total. The number of rotatable bonds is 8. The van der Waals surface area contributed by atoms with Crippen molar-refractivity contribution in [3.63, 3.8) is 0 Å². The number of hydrogen-bond donors (Lipinski definition) is 1. The molecule has 0 saturated heterocycles. The standard InChI is InChI=1S/C22H29N3O4/c1-6-24(7-2)8-9-25-17-13-19(28-4)16(23)12-15(17)22(26)21-18(25)10-14(27-3)11-20(21)29-5/h10-13H,6-9,23H2,1-5H3. The minimum absolute atomic E-state index is 0.122. The maximum atomic E-state index is 13.4. The van der Waals surface area contributed by atoms with Crippen molar-refractivity contribution in [1.29, 1.82) is 0 Å². The molecule has 1 aromatic heterocycles. The third kappa shape index (κ3) is 3.70. The Balaban J connectivity index is 2.42. The number of anilines is 1. The highest BCUT2D eigenvalue weighted by Gasteiger charge is 2.18. The molecule has 0 aliphatic rings. The molecule has 0 unspecified atom stereocenters. The van der Waals surface area contributed by atoms with E-state index in [1.54, 1.807) is 33.5 Å². The van der Waals surface area contributed by atoms with Crippen molar-refractivity contribution in [3.05, 3.63) is 34.5 Å². The van der Waals surface area contributed by atoms with Gasteiger partial charge in [0, 0.05) is 36.7 Å². The van der Waals surface area contributed by atoms with Crippen molar-refractivity contribution in [2.75, 3.05) is 46.7 Å². The SMILES string of the molecule is CCN(CC)CCn1c2cc(OC)c(N)cc2c(=O)c2c(OC)cc(OC)cc21. The Morgan fingerprint density at radius 1 is 0.931 bits per heavy atom. The van der Waals surface area contributed by atoms with Gasteiger partial charge in [-0.3, -0.25) is 4.79 Å². The van der Waals surface area contributed by atoms with Crippen molar-refractivity contribution in [3.8, 4) is 17.2 Å². The Bertz CT molecular complexity index is 1090. The van der Waals surface area contributed by atoms with Crippen LogP contribution in [0.25, 0.3) is 21.8 Å². The van der Waals surface area contributed by atoms with Crippen molar-refractivity contribution in [2.45, 2.75) is 20.4 Å². The van der Waals surface area contributed by atoms with E-state index in [0.29, 0.717) is 40.3 Å². The number of fused-ring (bicyclic) bond motifs is 2. The summed E-state index contributed by atoms with van der Waals surface area (Å²) >= 11 is 0. The summed E-state index contributed by atoms with van der Waals surface area (Å²) in [5.74, 6) is 1.66. The predicted molar refractivity (Wildman–Crippen MR) is 118 cm³/mol. The van der Waals surface area contributed by atoms with Crippen LogP contribution in [0.1, 0.15) is 13.8 Å². The zero-order valence-corrected chi connectivity index (χ0v) is 17.7. The Labute approximate surface area is 170 Å². The second kappa shape index (κ2) is 8.61. The number of likely N-dealkylation sites (N-methyl/N-ethyl adjacent to an activating group) is 1. The van der Waals surface area contributed by atoms with E-state index >= 15 is 0 Å². The fourth-order valence-electron chi connectivity index (χ4n) is 3.75. The monoisotopic (exact) mass is 399 g/mol. The smallest absolute Gasteiger partial charge is 0.201 e. The van der Waals surface area contributed by atoms with E-state index < -0.39 is 0 Å². The van der Waals surface area contributed by atoms with E-state index in [9.17, 15) is 4.79 Å². The molecule has 1 heterocycles. The normalized spacial score (nSPS) is 11.4. The van der Waals surface area contributed by atoms with Crippen LogP contribution in [0.3, 0.4) is 0 Å². The third-order valence-corrected chi connectivity index (χ3v) is 5.45. The largest absolute Gasteiger partial charge is 0.497 e. The lowest BCUT2D eigenvalue weighted by Gasteiger charge is -2.22. The Morgan fingerprint density at radius 3 is 2.21 bits per heavy atom. The van der Waals surface area contributed by atoms with Crippen LogP contribution in [0.15, 0.2) is 29.1 Å². The molecule has 0 radical (unpaired) electrons. The lowest BCUT2D eigenvalue weighted by Crippen LogP contribution is -2.28. The van der Waals surface area contributed by atoms with Gasteiger partial charge in [0.15, 0.2) is 0 Å². The van der Waals surface area contributed by atoms with E-state index in [4.69, 9.17) is 19.9 Å². The highest BCUT2D eigenvalue weighted by atomic mass is 16.5. The van der Waals surface area contributed by atoms with Gasteiger partial charge in [-0.2, -0.15) is 0 Å². The van der Waals surface area contributed by atoms with Gasteiger partial charge in [-0.15, -0.1) is 0 Å². The number of nitrogen functional groups attached to an aromatic ring is 1. The Hall–Kier alpha value is -2.93. The van der Waals surface area contributed by atoms with Crippen LogP contribution in [0.4, 0.5) is 5.69 Å². The number of nitrogens with two attached hydrogens (primary N) is 1. The van der Waals surface area contributed by atoms with E-state index in [0.717, 1.165) is 30.7 Å². The van der Waals surface area contributed by atoms with Gasteiger partial charge in [0.2, 0.25) is 5.43 Å². The summed E-state index contributed by atoms with van der Waals surface area (Å²) in [6.45, 7) is 7.72. The first-order valence-electron chi connectivity index (χ1n) is 9.77. The van der Waals surface area contributed by atoms with Gasteiger partial charge in [0.1, 0.15) is 17.2 Å². The number of aromatic nitrogens is 1. The molecule has 156 valence electrons. The van der Waals surface area contributed by atoms with Crippen LogP contribution in [0.2, 0.25) is 0 Å². The molecule has 0 atom stereocenters. The molecule has 3 aromatic rings. The van der Waals surface area contributed by atoms with Gasteiger partial charge in [-0.1, -0.05) is 13.8 Å². The minimum atomic E-state index is -0.122. The van der Waals surface area contributed by atoms with Gasteiger partial charge >= 0.3 is 0 Å². The molecule has 2 aromatic carbocycles. The number of methoxy groups -OCH3 is 3. The third-order valence-electron chi connectivity index (χ3n) is 5.45. The molecule has 0 saturated carbocycles. The highest BCUT2D eigenvalue weighted by molar-refractivity contribution is 5.99. The number of nitrogens with zero attached hydrogens (tertiary/aromatic N) is 2. The Morgan fingerprint density at radius 2 is 1.62 bits per heavy atom. The summed E-state index contributed by atoms with van der Waals surface area (Å²) in [6.07, 6.45) is 0. The second-order valence-electron chi connectivity index (χ2n) is 6.84. The fourth-order valence-corrected chi connectivity index (χ4v) is 3.75. The van der Waals surface area contributed by atoms with Crippen molar-refractivity contribution in [1.82, 2.24) is 9.47 Å². The number of pyridine rings is 1. The van der Waals surface area contributed by atoms with Crippen molar-refractivity contribution < 1.29 is 14.2 Å². The van der Waals surface area contributed by atoms with Gasteiger partial charge in [0.25, 0.3) is 0 Å². The van der Waals surface area contributed by atoms with E-state index in [1.165, 1.54) is 0 Å². The van der Waals surface area contributed by atoms with E-state index in [1.807, 2.05) is 12.1 Å². The highest BCUT2D eigenvalue weighted by Crippen LogP contribution is 2.34. The van der Waals surface area contributed by atoms with Crippen LogP contribution < -0.4 is 25.4 Å². The maximum absolute atomic E-state index is 13.4. The lowest BCUT2D eigenvalue weighted by atomic mass is 10.1. The zero-order valence-electron chi connectivity index (χ0n) is 17.7. The molecule has 3 rings (SSSR count). The molecular weight excluding hydrogens is 370 g/mol. The quantitative estimate of drug-likeness (QED) is 0.463. The first kappa shape index (κ1) is 20.8. The molecular formula is C22H29N3O4. The van der Waals surface area contributed by atoms with Crippen LogP contribution in [-0.4, -0.2) is 50.4 Å². The van der Waals surface area contributed by atoms with Gasteiger partial charge in [-0.25, -0.2) is 0 Å². The topological polar surface area (TPSA) is 79.0 Å². The maximum Gasteiger partial charge on any atom is 0.201 e. The van der Waals surface area contributed by atoms with Gasteiger partial charge in [0.05, 0.1) is 43.4 Å². The molecule has 0 bridgehead atoms. The van der Waals surface area contributed by atoms with Crippen molar-refractivity contribution >= 4 is 27.5 Å². The molecule has 29 heavy (non-hydrogen) atoms. The molecule has 0 fully saturated rings. The summed E-state index contributed by atoms with van der Waals surface area (Å²) < 4.78 is 18.5. The molecule has 0 spiro atoms. The van der Waals surface area contributed by atoms with E-state index in [2.05, 4.69) is 23.3 Å². The average molecular weight is 399 g/mol. The first-order chi connectivity index (χ1) is 14.0. The van der Waals surface area contributed by atoms with E-state index in [-0.39, 0.29) is 5.43 Å². The molecule has 0 aliphatic carbocycles. The van der Waals surface area contributed by atoms with Crippen molar-refractivity contribution in [2.24, 2.45) is 0 Å². The average Bonchev–Trinajstić information content (AvgIpc) is 2.75. The summed E-state index contributed by atoms with van der Waals surface area (Å²) in [5, 5.41) is 1.06. The van der Waals surface area contributed by atoms with Gasteiger partial charge in [-0.05, 0) is 19.2 Å². The predicted octanol–water partition coefficient (Wildman–Crippen LogP) is 3.10. The number of hydrogen-bond acceptors (Lipinski definition) is 6. The Kier molecular flexibility index (Phi) is 6.17. The van der Waals surface area contributed by atoms with Gasteiger partial charge < -0.3 is 29.4 Å².